The molecule has 1 aromatic carbocycles. The Bertz CT molecular complexity index is 671. The minimum absolute atomic E-state index is 0.0866. The number of hydrogen-bond acceptors (Lipinski definition) is 5. The smallest absolute Gasteiger partial charge is 0.275 e. The molecule has 1 aromatic heterocycles. The molecule has 1 fully saturated rings. The summed E-state index contributed by atoms with van der Waals surface area (Å²) in [6.45, 7) is 3.78. The first-order chi connectivity index (χ1) is 11.7. The fraction of sp³-hybridized carbons (Fsp3) is 0.471. The predicted molar refractivity (Wildman–Crippen MR) is 92.8 cm³/mol. The molecule has 24 heavy (non-hydrogen) atoms. The van der Waals surface area contributed by atoms with Gasteiger partial charge in [0.15, 0.2) is 5.69 Å². The zero-order chi connectivity index (χ0) is 16.9. The van der Waals surface area contributed by atoms with E-state index < -0.39 is 0 Å². The summed E-state index contributed by atoms with van der Waals surface area (Å²) in [7, 11) is 1.83. The lowest BCUT2D eigenvalue weighted by molar-refractivity contribution is 0.0770. The molecule has 2 heterocycles. The first-order valence-electron chi connectivity index (χ1n) is 8.33. The first-order valence-corrected chi connectivity index (χ1v) is 8.33. The lowest BCUT2D eigenvalue weighted by Gasteiger charge is -2.22. The number of aromatic nitrogens is 3. The number of anilines is 1. The van der Waals surface area contributed by atoms with Gasteiger partial charge in [0.1, 0.15) is 0 Å². The summed E-state index contributed by atoms with van der Waals surface area (Å²) in [5.41, 5.74) is 7.11. The van der Waals surface area contributed by atoms with Crippen molar-refractivity contribution in [3.05, 3.63) is 42.2 Å². The van der Waals surface area contributed by atoms with Crippen LogP contribution in [0.1, 0.15) is 16.9 Å². The maximum Gasteiger partial charge on any atom is 0.275 e. The van der Waals surface area contributed by atoms with Crippen molar-refractivity contribution in [1.82, 2.24) is 19.9 Å². The van der Waals surface area contributed by atoms with Gasteiger partial charge in [0.2, 0.25) is 0 Å². The standard InChI is InChI=1S/C17H24N6O/c1-21(17(24)16-13-23(10-8-18)20-19-16)11-14-7-9-22(12-14)15-5-3-2-4-6-15/h2-6,13-14H,7-12,18H2,1H3/t14-/m1/s1. The van der Waals surface area contributed by atoms with Crippen LogP contribution < -0.4 is 10.6 Å². The van der Waals surface area contributed by atoms with E-state index in [-0.39, 0.29) is 5.91 Å². The predicted octanol–water partition coefficient (Wildman–Crippen LogP) is 0.835. The summed E-state index contributed by atoms with van der Waals surface area (Å²) in [6, 6.07) is 10.4. The quantitative estimate of drug-likeness (QED) is 0.850. The van der Waals surface area contributed by atoms with Gasteiger partial charge < -0.3 is 15.5 Å². The van der Waals surface area contributed by atoms with Crippen molar-refractivity contribution in [3.8, 4) is 0 Å². The van der Waals surface area contributed by atoms with Gasteiger partial charge in [0.05, 0.1) is 12.7 Å². The highest BCUT2D eigenvalue weighted by molar-refractivity contribution is 5.91. The van der Waals surface area contributed by atoms with Crippen molar-refractivity contribution in [2.75, 3.05) is 38.1 Å². The van der Waals surface area contributed by atoms with Crippen LogP contribution in [0.5, 0.6) is 0 Å². The van der Waals surface area contributed by atoms with Gasteiger partial charge in [-0.3, -0.25) is 9.48 Å². The molecule has 1 saturated heterocycles. The summed E-state index contributed by atoms with van der Waals surface area (Å²) >= 11 is 0. The van der Waals surface area contributed by atoms with Crippen LogP contribution in [0, 0.1) is 5.92 Å². The third kappa shape index (κ3) is 3.73. The second-order valence-corrected chi connectivity index (χ2v) is 6.28. The molecule has 0 unspecified atom stereocenters. The van der Waals surface area contributed by atoms with Gasteiger partial charge in [0, 0.05) is 38.9 Å². The van der Waals surface area contributed by atoms with Crippen molar-refractivity contribution >= 4 is 11.6 Å². The highest BCUT2D eigenvalue weighted by Gasteiger charge is 2.26. The van der Waals surface area contributed by atoms with Crippen LogP contribution in [0.15, 0.2) is 36.5 Å². The number of amides is 1. The van der Waals surface area contributed by atoms with Crippen LogP contribution in [0.25, 0.3) is 0 Å². The van der Waals surface area contributed by atoms with E-state index in [4.69, 9.17) is 5.73 Å². The molecule has 0 bridgehead atoms. The third-order valence-corrected chi connectivity index (χ3v) is 4.40. The highest BCUT2D eigenvalue weighted by Crippen LogP contribution is 2.24. The van der Waals surface area contributed by atoms with Crippen LogP contribution in [0.2, 0.25) is 0 Å². The second-order valence-electron chi connectivity index (χ2n) is 6.28. The topological polar surface area (TPSA) is 80.3 Å². The lowest BCUT2D eigenvalue weighted by Crippen LogP contribution is -2.33. The molecular weight excluding hydrogens is 304 g/mol. The third-order valence-electron chi connectivity index (χ3n) is 4.40. The van der Waals surface area contributed by atoms with Gasteiger partial charge in [-0.25, -0.2) is 0 Å². The molecule has 0 spiro atoms. The summed E-state index contributed by atoms with van der Waals surface area (Å²) < 4.78 is 1.60. The van der Waals surface area contributed by atoms with E-state index >= 15 is 0 Å². The van der Waals surface area contributed by atoms with E-state index in [1.54, 1.807) is 15.8 Å². The van der Waals surface area contributed by atoms with Crippen molar-refractivity contribution < 1.29 is 4.79 Å². The van der Waals surface area contributed by atoms with Crippen molar-refractivity contribution in [2.45, 2.75) is 13.0 Å². The molecular formula is C17H24N6O. The summed E-state index contributed by atoms with van der Waals surface area (Å²) in [4.78, 5) is 16.6. The molecule has 1 atom stereocenters. The van der Waals surface area contributed by atoms with Crippen molar-refractivity contribution in [3.63, 3.8) is 0 Å². The molecule has 2 N–H and O–H groups in total. The Labute approximate surface area is 142 Å². The van der Waals surface area contributed by atoms with E-state index in [1.165, 1.54) is 5.69 Å². The number of rotatable bonds is 6. The molecule has 0 aliphatic carbocycles. The maximum absolute atomic E-state index is 12.5. The van der Waals surface area contributed by atoms with E-state index in [1.807, 2.05) is 13.1 Å². The van der Waals surface area contributed by atoms with Gasteiger partial charge >= 0.3 is 0 Å². The zero-order valence-electron chi connectivity index (χ0n) is 14.0. The normalized spacial score (nSPS) is 17.2. The average molecular weight is 328 g/mol. The maximum atomic E-state index is 12.5. The molecule has 2 aromatic rings. The van der Waals surface area contributed by atoms with Gasteiger partial charge in [-0.05, 0) is 24.5 Å². The van der Waals surface area contributed by atoms with Crippen LogP contribution in [-0.4, -0.2) is 59.0 Å². The number of hydrogen-bond donors (Lipinski definition) is 1. The number of para-hydroxylation sites is 1. The van der Waals surface area contributed by atoms with Gasteiger partial charge in [-0.2, -0.15) is 0 Å². The summed E-state index contributed by atoms with van der Waals surface area (Å²) in [5, 5.41) is 7.87. The molecule has 1 amide bonds. The monoisotopic (exact) mass is 328 g/mol. The van der Waals surface area contributed by atoms with Crippen molar-refractivity contribution in [1.29, 1.82) is 0 Å². The van der Waals surface area contributed by atoms with E-state index in [0.717, 1.165) is 26.1 Å². The molecule has 0 radical (unpaired) electrons. The van der Waals surface area contributed by atoms with E-state index in [2.05, 4.69) is 39.5 Å². The Morgan fingerprint density at radius 3 is 2.92 bits per heavy atom. The number of nitrogens with two attached hydrogens (primary N) is 1. The number of nitrogens with zero attached hydrogens (tertiary/aromatic N) is 5. The Hall–Kier alpha value is -2.41. The molecule has 1 aliphatic heterocycles. The fourth-order valence-electron chi connectivity index (χ4n) is 3.16. The summed E-state index contributed by atoms with van der Waals surface area (Å²) in [6.07, 6.45) is 2.75. The molecule has 1 aliphatic rings. The van der Waals surface area contributed by atoms with E-state index in [9.17, 15) is 4.79 Å². The largest absolute Gasteiger partial charge is 0.371 e. The second kappa shape index (κ2) is 7.44. The van der Waals surface area contributed by atoms with Crippen LogP contribution in [-0.2, 0) is 6.54 Å². The number of benzene rings is 1. The average Bonchev–Trinajstić information content (AvgIpc) is 3.25. The van der Waals surface area contributed by atoms with Crippen LogP contribution >= 0.6 is 0 Å². The Morgan fingerprint density at radius 1 is 1.38 bits per heavy atom. The SMILES string of the molecule is CN(C[C@H]1CCN(c2ccccc2)C1)C(=O)c1cn(CCN)nn1. The lowest BCUT2D eigenvalue weighted by atomic mass is 10.1. The zero-order valence-corrected chi connectivity index (χ0v) is 14.0. The molecule has 7 heteroatoms. The molecule has 7 nitrogen and oxygen atoms in total. The highest BCUT2D eigenvalue weighted by atomic mass is 16.2. The minimum Gasteiger partial charge on any atom is -0.371 e. The van der Waals surface area contributed by atoms with Crippen LogP contribution in [0.4, 0.5) is 5.69 Å². The van der Waals surface area contributed by atoms with Crippen LogP contribution in [0.3, 0.4) is 0 Å². The van der Waals surface area contributed by atoms with Gasteiger partial charge in [-0.15, -0.1) is 5.10 Å². The van der Waals surface area contributed by atoms with Gasteiger partial charge in [0.25, 0.3) is 5.91 Å². The van der Waals surface area contributed by atoms with E-state index in [0.29, 0.717) is 24.7 Å². The minimum atomic E-state index is -0.0866. The van der Waals surface area contributed by atoms with Crippen molar-refractivity contribution in [2.24, 2.45) is 11.7 Å². The first kappa shape index (κ1) is 16.4. The Balaban J connectivity index is 1.55. The number of carbonyl (C=O) groups is 1. The fourth-order valence-corrected chi connectivity index (χ4v) is 3.16. The number of carbonyl (C=O) groups excluding carboxylic acids is 1. The molecule has 128 valence electrons. The molecule has 0 saturated carbocycles. The van der Waals surface area contributed by atoms with Gasteiger partial charge in [-0.1, -0.05) is 23.4 Å². The molecule has 3 rings (SSSR count). The Morgan fingerprint density at radius 2 is 2.17 bits per heavy atom. The summed E-state index contributed by atoms with van der Waals surface area (Å²) in [5.74, 6) is 0.384. The Kier molecular flexibility index (Phi) is 5.10.